The lowest BCUT2D eigenvalue weighted by Gasteiger charge is -2.48. The summed E-state index contributed by atoms with van der Waals surface area (Å²) in [5, 5.41) is 20.6. The lowest BCUT2D eigenvalue weighted by Crippen LogP contribution is -2.59. The van der Waals surface area contributed by atoms with Crippen molar-refractivity contribution in [1.82, 2.24) is 4.90 Å². The van der Waals surface area contributed by atoms with Crippen molar-refractivity contribution in [2.75, 3.05) is 12.4 Å². The Bertz CT molecular complexity index is 1070. The molecular formula is C27H39Cl2NO6S. The van der Waals surface area contributed by atoms with Crippen LogP contribution >= 0.6 is 23.2 Å². The number of aliphatic hydroxyl groups excluding tert-OH is 2. The van der Waals surface area contributed by atoms with Gasteiger partial charge in [0.15, 0.2) is 9.84 Å². The van der Waals surface area contributed by atoms with E-state index in [1.54, 1.807) is 68.2 Å². The molecule has 1 aromatic carbocycles. The Morgan fingerprint density at radius 1 is 1.24 bits per heavy atom. The highest BCUT2D eigenvalue weighted by Gasteiger charge is 2.47. The summed E-state index contributed by atoms with van der Waals surface area (Å²) in [6, 6.07) is 5.76. The van der Waals surface area contributed by atoms with Crippen molar-refractivity contribution in [3.8, 4) is 0 Å². The molecule has 5 unspecified atom stereocenters. The summed E-state index contributed by atoms with van der Waals surface area (Å²) in [7, 11) is -3.58. The molecule has 10 heteroatoms. The van der Waals surface area contributed by atoms with Gasteiger partial charge in [-0.2, -0.15) is 0 Å². The summed E-state index contributed by atoms with van der Waals surface area (Å²) in [6.45, 7) is 8.09. The van der Waals surface area contributed by atoms with E-state index < -0.39 is 57.5 Å². The van der Waals surface area contributed by atoms with Crippen molar-refractivity contribution in [3.05, 3.63) is 58.1 Å². The van der Waals surface area contributed by atoms with Crippen LogP contribution in [0, 0.1) is 0 Å². The summed E-state index contributed by atoms with van der Waals surface area (Å²) in [4.78, 5) is 15.5. The number of aliphatic hydroxyl groups is 2. The first-order chi connectivity index (χ1) is 17.2. The minimum atomic E-state index is -3.58. The molecule has 1 saturated heterocycles. The zero-order valence-electron chi connectivity index (χ0n) is 22.1. The summed E-state index contributed by atoms with van der Waals surface area (Å²) < 4.78 is 31.7. The third-order valence-electron chi connectivity index (χ3n) is 6.51. The highest BCUT2D eigenvalue weighted by Crippen LogP contribution is 2.39. The lowest BCUT2D eigenvalue weighted by atomic mass is 9.91. The smallest absolute Gasteiger partial charge is 0.252 e. The van der Waals surface area contributed by atoms with E-state index in [4.69, 9.17) is 27.9 Å². The molecule has 1 aromatic rings. The Hall–Kier alpha value is -1.42. The van der Waals surface area contributed by atoms with Gasteiger partial charge < -0.3 is 19.8 Å². The first-order valence-corrected chi connectivity index (χ1v) is 14.9. The van der Waals surface area contributed by atoms with E-state index >= 15 is 0 Å². The van der Waals surface area contributed by atoms with E-state index in [2.05, 4.69) is 0 Å². The minimum Gasteiger partial charge on any atom is -0.394 e. The monoisotopic (exact) mass is 575 g/mol. The van der Waals surface area contributed by atoms with Crippen molar-refractivity contribution in [2.45, 2.75) is 89.0 Å². The number of ether oxygens (including phenoxy) is 1. The maximum Gasteiger partial charge on any atom is 0.252 e. The van der Waals surface area contributed by atoms with Gasteiger partial charge in [-0.1, -0.05) is 54.4 Å². The highest BCUT2D eigenvalue weighted by molar-refractivity contribution is 7.92. The summed E-state index contributed by atoms with van der Waals surface area (Å²) in [5.74, 6) is -0.650. The number of nitrogens with zero attached hydrogens (tertiary/aromatic N) is 1. The largest absolute Gasteiger partial charge is 0.394 e. The predicted octanol–water partition coefficient (Wildman–Crippen LogP) is 4.80. The number of sulfone groups is 1. The second-order valence-corrected chi connectivity index (χ2v) is 13.9. The number of amides is 1. The van der Waals surface area contributed by atoms with Gasteiger partial charge in [-0.15, -0.1) is 0 Å². The number of hydrogen-bond acceptors (Lipinski definition) is 6. The van der Waals surface area contributed by atoms with E-state index in [1.165, 1.54) is 0 Å². The molecule has 1 amide bonds. The molecule has 0 aromatic heterocycles. The van der Waals surface area contributed by atoms with Gasteiger partial charge in [0.25, 0.3) is 5.91 Å². The molecule has 1 aliphatic heterocycles. The van der Waals surface area contributed by atoms with Crippen LogP contribution in [-0.2, 0) is 19.4 Å². The molecule has 0 saturated carbocycles. The van der Waals surface area contributed by atoms with Crippen molar-refractivity contribution >= 4 is 38.9 Å². The molecule has 2 N–H and O–H groups in total. The average Bonchev–Trinajstić information content (AvgIpc) is 2.82. The standard InChI is InChI=1S/C27H39Cl2NO6S/c1-6-8-19(28)13-14-23-25(18-9-11-20(29)12-10-18)30(26(33)24(36-23)15-22(32)16-31)21(7-2)17-37(34,35)27(3,4)5/h6,8-13,21-25,31-32H,7,14-17H2,1-5H3. The van der Waals surface area contributed by atoms with Gasteiger partial charge in [-0.3, -0.25) is 4.79 Å². The lowest BCUT2D eigenvalue weighted by molar-refractivity contribution is -0.181. The molecule has 1 heterocycles. The van der Waals surface area contributed by atoms with E-state index in [1.807, 2.05) is 13.8 Å². The molecule has 2 rings (SSSR count). The Balaban J connectivity index is 2.66. The van der Waals surface area contributed by atoms with Crippen LogP contribution in [0.1, 0.15) is 65.5 Å². The molecule has 0 spiro atoms. The van der Waals surface area contributed by atoms with Crippen LogP contribution in [0.5, 0.6) is 0 Å². The average molecular weight is 577 g/mol. The SMILES string of the molecule is CC=CC(Cl)=CCC1OC(CC(O)CO)C(=O)N(C(CC)CS(=O)(=O)C(C)(C)C)C1c1ccc(Cl)cc1. The molecule has 5 atom stereocenters. The molecule has 7 nitrogen and oxygen atoms in total. The Morgan fingerprint density at radius 2 is 1.86 bits per heavy atom. The van der Waals surface area contributed by atoms with Gasteiger partial charge in [0.2, 0.25) is 0 Å². The first kappa shape index (κ1) is 31.8. The zero-order chi connectivity index (χ0) is 28.0. The molecule has 1 fully saturated rings. The van der Waals surface area contributed by atoms with Crippen LogP contribution in [0.4, 0.5) is 0 Å². The van der Waals surface area contributed by atoms with Gasteiger partial charge in [-0.05, 0) is 64.3 Å². The normalized spacial score (nSPS) is 23.5. The number of carbonyl (C=O) groups excluding carboxylic acids is 1. The molecule has 0 radical (unpaired) electrons. The summed E-state index contributed by atoms with van der Waals surface area (Å²) >= 11 is 12.5. The fourth-order valence-corrected chi connectivity index (χ4v) is 6.03. The van der Waals surface area contributed by atoms with Crippen LogP contribution in [0.3, 0.4) is 0 Å². The maximum atomic E-state index is 13.9. The second-order valence-electron chi connectivity index (χ2n) is 10.3. The number of hydrogen-bond donors (Lipinski definition) is 2. The van der Waals surface area contributed by atoms with Crippen LogP contribution < -0.4 is 0 Å². The Kier molecular flexibility index (Phi) is 11.7. The van der Waals surface area contributed by atoms with E-state index in [0.717, 1.165) is 5.56 Å². The molecular weight excluding hydrogens is 537 g/mol. The zero-order valence-corrected chi connectivity index (χ0v) is 24.4. The quantitative estimate of drug-likeness (QED) is 0.367. The maximum absolute atomic E-state index is 13.9. The number of rotatable bonds is 11. The van der Waals surface area contributed by atoms with Gasteiger partial charge in [-0.25, -0.2) is 8.42 Å². The van der Waals surface area contributed by atoms with Crippen LogP contribution in [0.25, 0.3) is 0 Å². The Morgan fingerprint density at radius 3 is 2.38 bits per heavy atom. The fraction of sp³-hybridized carbons (Fsp3) is 0.593. The topological polar surface area (TPSA) is 104 Å². The van der Waals surface area contributed by atoms with Gasteiger partial charge in [0, 0.05) is 22.5 Å². The van der Waals surface area contributed by atoms with Gasteiger partial charge in [0.1, 0.15) is 6.10 Å². The van der Waals surface area contributed by atoms with Crippen molar-refractivity contribution in [2.24, 2.45) is 0 Å². The number of morpholine rings is 1. The highest BCUT2D eigenvalue weighted by atomic mass is 35.5. The molecule has 37 heavy (non-hydrogen) atoms. The first-order valence-electron chi connectivity index (χ1n) is 12.5. The molecule has 1 aliphatic rings. The van der Waals surface area contributed by atoms with E-state index in [-0.39, 0.29) is 12.2 Å². The van der Waals surface area contributed by atoms with E-state index in [9.17, 15) is 23.4 Å². The Labute approximate surface area is 231 Å². The van der Waals surface area contributed by atoms with Crippen LogP contribution in [-0.4, -0.2) is 70.9 Å². The van der Waals surface area contributed by atoms with Gasteiger partial charge in [0.05, 0.1) is 35.4 Å². The number of halogens is 2. The third-order valence-corrected chi connectivity index (χ3v) is 9.73. The fourth-order valence-electron chi connectivity index (χ4n) is 4.28. The molecule has 0 aliphatic carbocycles. The molecule has 0 bridgehead atoms. The number of allylic oxidation sites excluding steroid dienone is 3. The number of carbonyl (C=O) groups is 1. The third kappa shape index (κ3) is 8.28. The minimum absolute atomic E-state index is 0.121. The van der Waals surface area contributed by atoms with E-state index in [0.29, 0.717) is 22.9 Å². The van der Waals surface area contributed by atoms with Crippen LogP contribution in [0.15, 0.2) is 47.5 Å². The number of benzene rings is 1. The van der Waals surface area contributed by atoms with Crippen LogP contribution in [0.2, 0.25) is 5.02 Å². The second kappa shape index (κ2) is 13.6. The predicted molar refractivity (Wildman–Crippen MR) is 148 cm³/mol. The van der Waals surface area contributed by atoms with Crippen molar-refractivity contribution < 1.29 is 28.2 Å². The summed E-state index contributed by atoms with van der Waals surface area (Å²) in [6.07, 6.45) is 3.11. The van der Waals surface area contributed by atoms with Crippen molar-refractivity contribution in [1.29, 1.82) is 0 Å². The van der Waals surface area contributed by atoms with Gasteiger partial charge >= 0.3 is 0 Å². The van der Waals surface area contributed by atoms with Crippen molar-refractivity contribution in [3.63, 3.8) is 0 Å². The molecule has 208 valence electrons. The summed E-state index contributed by atoms with van der Waals surface area (Å²) in [5.41, 5.74) is 0.742.